The van der Waals surface area contributed by atoms with Crippen LogP contribution in [0.3, 0.4) is 0 Å². The average molecular weight is 172 g/mol. The second kappa shape index (κ2) is 4.13. The van der Waals surface area contributed by atoms with Crippen molar-refractivity contribution in [3.63, 3.8) is 0 Å². The third-order valence-corrected chi connectivity index (χ3v) is 1.49. The lowest BCUT2D eigenvalue weighted by atomic mass is 10.2. The maximum absolute atomic E-state index is 9.31. The monoisotopic (exact) mass is 172 g/mol. The molecule has 0 radical (unpaired) electrons. The predicted molar refractivity (Wildman–Crippen MR) is 40.4 cm³/mol. The van der Waals surface area contributed by atoms with Gasteiger partial charge >= 0.3 is 0 Å². The maximum atomic E-state index is 9.31. The summed E-state index contributed by atoms with van der Waals surface area (Å²) in [5.74, 6) is 0.652. The summed E-state index contributed by atoms with van der Waals surface area (Å²) in [6.45, 7) is 0.298. The van der Waals surface area contributed by atoms with E-state index in [0.717, 1.165) is 0 Å². The van der Waals surface area contributed by atoms with Crippen molar-refractivity contribution in [2.24, 2.45) is 7.05 Å². The lowest BCUT2D eigenvalue weighted by Crippen LogP contribution is -2.19. The fraction of sp³-hybridized carbons (Fsp3) is 0.833. The number of aromatic nitrogens is 4. The molecular formula is C6H12N4O2. The van der Waals surface area contributed by atoms with E-state index in [1.54, 1.807) is 7.05 Å². The van der Waals surface area contributed by atoms with Crippen LogP contribution in [0.15, 0.2) is 0 Å². The number of hydrogen-bond acceptors (Lipinski definition) is 5. The van der Waals surface area contributed by atoms with Crippen molar-refractivity contribution in [2.45, 2.75) is 12.5 Å². The molecule has 0 aliphatic heterocycles. The quantitative estimate of drug-likeness (QED) is 0.615. The number of methoxy groups -OCH3 is 1. The van der Waals surface area contributed by atoms with Gasteiger partial charge in [-0.1, -0.05) is 0 Å². The highest BCUT2D eigenvalue weighted by Gasteiger charge is 2.09. The summed E-state index contributed by atoms with van der Waals surface area (Å²) in [5.41, 5.74) is 0. The molecule has 0 aromatic carbocycles. The van der Waals surface area contributed by atoms with Crippen LogP contribution >= 0.6 is 0 Å². The molecular weight excluding hydrogens is 160 g/mol. The van der Waals surface area contributed by atoms with Crippen molar-refractivity contribution in [3.05, 3.63) is 5.82 Å². The molecule has 0 bridgehead atoms. The highest BCUT2D eigenvalue weighted by molar-refractivity contribution is 4.82. The van der Waals surface area contributed by atoms with Gasteiger partial charge in [-0.3, -0.25) is 0 Å². The first-order valence-corrected chi connectivity index (χ1v) is 3.62. The van der Waals surface area contributed by atoms with E-state index < -0.39 is 6.10 Å². The molecule has 6 heteroatoms. The average Bonchev–Trinajstić information content (AvgIpc) is 2.37. The third-order valence-electron chi connectivity index (χ3n) is 1.49. The van der Waals surface area contributed by atoms with Crippen LogP contribution in [-0.2, 0) is 18.2 Å². The van der Waals surface area contributed by atoms with E-state index in [2.05, 4.69) is 15.5 Å². The lowest BCUT2D eigenvalue weighted by molar-refractivity contribution is 0.0632. The maximum Gasteiger partial charge on any atom is 0.153 e. The molecule has 12 heavy (non-hydrogen) atoms. The van der Waals surface area contributed by atoms with Crippen LogP contribution in [0.4, 0.5) is 0 Å². The van der Waals surface area contributed by atoms with Gasteiger partial charge in [0.15, 0.2) is 5.82 Å². The SMILES string of the molecule is COCC(O)Cc1nnnn1C. The Bertz CT molecular complexity index is 237. The lowest BCUT2D eigenvalue weighted by Gasteiger charge is -2.06. The van der Waals surface area contributed by atoms with Crippen molar-refractivity contribution in [1.29, 1.82) is 0 Å². The molecule has 1 rings (SSSR count). The molecule has 0 aliphatic rings. The molecule has 1 aromatic heterocycles. The molecule has 1 heterocycles. The number of ether oxygens (including phenoxy) is 1. The zero-order chi connectivity index (χ0) is 8.97. The van der Waals surface area contributed by atoms with Crippen molar-refractivity contribution in [2.75, 3.05) is 13.7 Å². The summed E-state index contributed by atoms with van der Waals surface area (Å²) in [5, 5.41) is 20.1. The van der Waals surface area contributed by atoms with Crippen molar-refractivity contribution in [3.8, 4) is 0 Å². The molecule has 1 atom stereocenters. The molecule has 0 spiro atoms. The fourth-order valence-corrected chi connectivity index (χ4v) is 0.883. The summed E-state index contributed by atoms with van der Waals surface area (Å²) >= 11 is 0. The standard InChI is InChI=1S/C6H12N4O2/c1-10-6(7-8-9-10)3-5(11)4-12-2/h5,11H,3-4H2,1-2H3. The topological polar surface area (TPSA) is 73.1 Å². The van der Waals surface area contributed by atoms with Gasteiger partial charge in [0.25, 0.3) is 0 Å². The first kappa shape index (κ1) is 9.08. The third kappa shape index (κ3) is 2.24. The van der Waals surface area contributed by atoms with Crippen LogP contribution < -0.4 is 0 Å². The Morgan fingerprint density at radius 1 is 1.67 bits per heavy atom. The second-order valence-corrected chi connectivity index (χ2v) is 2.53. The number of tetrazole rings is 1. The van der Waals surface area contributed by atoms with Gasteiger partial charge in [-0.2, -0.15) is 0 Å². The van der Waals surface area contributed by atoms with Crippen LogP contribution in [-0.4, -0.2) is 45.1 Å². The number of rotatable bonds is 4. The van der Waals surface area contributed by atoms with E-state index >= 15 is 0 Å². The van der Waals surface area contributed by atoms with Crippen LogP contribution in [0.1, 0.15) is 5.82 Å². The molecule has 0 amide bonds. The van der Waals surface area contributed by atoms with Gasteiger partial charge in [0.05, 0.1) is 12.7 Å². The zero-order valence-corrected chi connectivity index (χ0v) is 7.14. The van der Waals surface area contributed by atoms with Crippen LogP contribution in [0.25, 0.3) is 0 Å². The Morgan fingerprint density at radius 3 is 2.92 bits per heavy atom. The summed E-state index contributed by atoms with van der Waals surface area (Å²) in [4.78, 5) is 0. The van der Waals surface area contributed by atoms with E-state index in [-0.39, 0.29) is 0 Å². The molecule has 1 aromatic rings. The Kier molecular flexibility index (Phi) is 3.12. The summed E-state index contributed by atoms with van der Waals surface area (Å²) in [6.07, 6.45) is -0.128. The molecule has 0 saturated heterocycles. The van der Waals surface area contributed by atoms with Gasteiger partial charge in [0.1, 0.15) is 0 Å². The van der Waals surface area contributed by atoms with Gasteiger partial charge in [0.2, 0.25) is 0 Å². The summed E-state index contributed by atoms with van der Waals surface area (Å²) in [6, 6.07) is 0. The van der Waals surface area contributed by atoms with Gasteiger partial charge < -0.3 is 9.84 Å². The van der Waals surface area contributed by atoms with E-state index in [0.29, 0.717) is 18.9 Å². The molecule has 1 unspecified atom stereocenters. The van der Waals surface area contributed by atoms with Gasteiger partial charge in [0, 0.05) is 20.6 Å². The van der Waals surface area contributed by atoms with Crippen molar-refractivity contribution in [1.82, 2.24) is 20.2 Å². The van der Waals surface area contributed by atoms with Gasteiger partial charge in [-0.05, 0) is 10.4 Å². The Labute approximate surface area is 70.1 Å². The molecule has 1 N–H and O–H groups in total. The Morgan fingerprint density at radius 2 is 2.42 bits per heavy atom. The zero-order valence-electron chi connectivity index (χ0n) is 7.14. The number of aliphatic hydroxyl groups excluding tert-OH is 1. The highest BCUT2D eigenvalue weighted by atomic mass is 16.5. The number of aryl methyl sites for hydroxylation is 1. The molecule has 68 valence electrons. The van der Waals surface area contributed by atoms with Crippen molar-refractivity contribution < 1.29 is 9.84 Å². The van der Waals surface area contributed by atoms with Crippen LogP contribution in [0, 0.1) is 0 Å². The van der Waals surface area contributed by atoms with E-state index in [4.69, 9.17) is 4.74 Å². The van der Waals surface area contributed by atoms with E-state index in [1.165, 1.54) is 11.8 Å². The normalized spacial score (nSPS) is 13.2. The Balaban J connectivity index is 2.46. The summed E-state index contributed by atoms with van der Waals surface area (Å²) < 4.78 is 6.29. The minimum absolute atomic E-state index is 0.298. The first-order valence-electron chi connectivity index (χ1n) is 3.62. The van der Waals surface area contributed by atoms with E-state index in [9.17, 15) is 5.11 Å². The first-order chi connectivity index (χ1) is 5.74. The van der Waals surface area contributed by atoms with Gasteiger partial charge in [-0.25, -0.2) is 4.68 Å². The number of hydrogen-bond donors (Lipinski definition) is 1. The molecule has 0 fully saturated rings. The minimum Gasteiger partial charge on any atom is -0.390 e. The van der Waals surface area contributed by atoms with Crippen molar-refractivity contribution >= 4 is 0 Å². The van der Waals surface area contributed by atoms with Crippen LogP contribution in [0.2, 0.25) is 0 Å². The van der Waals surface area contributed by atoms with Gasteiger partial charge in [-0.15, -0.1) is 5.10 Å². The molecule has 6 nitrogen and oxygen atoms in total. The summed E-state index contributed by atoms with van der Waals surface area (Å²) in [7, 11) is 3.27. The minimum atomic E-state index is -0.542. The molecule has 0 saturated carbocycles. The predicted octanol–water partition coefficient (Wildman–Crippen LogP) is -1.24. The number of nitrogens with zero attached hydrogens (tertiary/aromatic N) is 4. The fourth-order valence-electron chi connectivity index (χ4n) is 0.883. The smallest absolute Gasteiger partial charge is 0.153 e. The van der Waals surface area contributed by atoms with E-state index in [1.807, 2.05) is 0 Å². The largest absolute Gasteiger partial charge is 0.390 e. The van der Waals surface area contributed by atoms with Crippen LogP contribution in [0.5, 0.6) is 0 Å². The highest BCUT2D eigenvalue weighted by Crippen LogP contribution is 1.96. The Hall–Kier alpha value is -1.01. The second-order valence-electron chi connectivity index (χ2n) is 2.53. The number of aliphatic hydroxyl groups is 1. The molecule has 0 aliphatic carbocycles.